The first-order valence-corrected chi connectivity index (χ1v) is 6.73. The summed E-state index contributed by atoms with van der Waals surface area (Å²) in [6.07, 6.45) is 1.06. The minimum absolute atomic E-state index is 0.0159. The lowest BCUT2D eigenvalue weighted by atomic mass is 10.4. The fourth-order valence-corrected chi connectivity index (χ4v) is 2.26. The van der Waals surface area contributed by atoms with E-state index in [0.717, 1.165) is 0 Å². The SMILES string of the molecule is CC(C)n1nccc1NS(=O)(=O)CCC(=O)O. The van der Waals surface area contributed by atoms with Crippen molar-refractivity contribution in [2.45, 2.75) is 26.3 Å². The van der Waals surface area contributed by atoms with Crippen LogP contribution in [0.5, 0.6) is 0 Å². The summed E-state index contributed by atoms with van der Waals surface area (Å²) in [6.45, 7) is 3.73. The second-order valence-corrected chi connectivity index (χ2v) is 5.66. The van der Waals surface area contributed by atoms with Crippen LogP contribution in [-0.2, 0) is 14.8 Å². The number of anilines is 1. The minimum Gasteiger partial charge on any atom is -0.481 e. The second kappa shape index (κ2) is 5.17. The molecule has 0 aliphatic rings. The Kier molecular flexibility index (Phi) is 4.11. The second-order valence-electron chi connectivity index (χ2n) is 3.82. The molecule has 0 aromatic carbocycles. The highest BCUT2D eigenvalue weighted by Crippen LogP contribution is 2.14. The molecule has 0 spiro atoms. The Hall–Kier alpha value is -1.57. The van der Waals surface area contributed by atoms with Crippen LogP contribution in [0.3, 0.4) is 0 Å². The maximum atomic E-state index is 11.6. The van der Waals surface area contributed by atoms with Crippen LogP contribution < -0.4 is 4.72 Å². The molecule has 8 heteroatoms. The van der Waals surface area contributed by atoms with E-state index in [4.69, 9.17) is 5.11 Å². The van der Waals surface area contributed by atoms with Crippen LogP contribution in [0.2, 0.25) is 0 Å². The van der Waals surface area contributed by atoms with Crippen LogP contribution in [0.15, 0.2) is 12.3 Å². The summed E-state index contributed by atoms with van der Waals surface area (Å²) >= 11 is 0. The molecule has 0 aliphatic carbocycles. The lowest BCUT2D eigenvalue weighted by Crippen LogP contribution is -2.21. The van der Waals surface area contributed by atoms with Crippen LogP contribution in [0.1, 0.15) is 26.3 Å². The molecular weight excluding hydrogens is 246 g/mol. The predicted octanol–water partition coefficient (Wildman–Crippen LogP) is 0.680. The fraction of sp³-hybridized carbons (Fsp3) is 0.556. The summed E-state index contributed by atoms with van der Waals surface area (Å²) < 4.78 is 26.9. The Balaban J connectivity index is 2.76. The first kappa shape index (κ1) is 13.5. The van der Waals surface area contributed by atoms with Crippen LogP contribution in [0.4, 0.5) is 5.82 Å². The lowest BCUT2D eigenvalue weighted by Gasteiger charge is -2.12. The number of nitrogens with zero attached hydrogens (tertiary/aromatic N) is 2. The summed E-state index contributed by atoms with van der Waals surface area (Å²) in [4.78, 5) is 10.3. The summed E-state index contributed by atoms with van der Waals surface area (Å²) in [7, 11) is -3.65. The van der Waals surface area contributed by atoms with E-state index in [-0.39, 0.29) is 6.04 Å². The topological polar surface area (TPSA) is 101 Å². The van der Waals surface area contributed by atoms with E-state index >= 15 is 0 Å². The number of carboxylic acids is 1. The number of nitrogens with one attached hydrogen (secondary N) is 1. The zero-order valence-electron chi connectivity index (χ0n) is 9.62. The Morgan fingerprint density at radius 1 is 1.59 bits per heavy atom. The number of sulfonamides is 1. The molecule has 17 heavy (non-hydrogen) atoms. The monoisotopic (exact) mass is 261 g/mol. The number of hydrogen-bond acceptors (Lipinski definition) is 4. The highest BCUT2D eigenvalue weighted by molar-refractivity contribution is 7.92. The molecule has 0 aliphatic heterocycles. The standard InChI is InChI=1S/C9H15N3O4S/c1-7(2)12-8(3-5-10-12)11-17(15,16)6-4-9(13)14/h3,5,7,11H,4,6H2,1-2H3,(H,13,14). The number of carboxylic acid groups (broad SMARTS) is 1. The van der Waals surface area contributed by atoms with Crippen molar-refractivity contribution in [2.24, 2.45) is 0 Å². The van der Waals surface area contributed by atoms with Gasteiger partial charge in [-0.05, 0) is 13.8 Å². The Morgan fingerprint density at radius 3 is 2.76 bits per heavy atom. The van der Waals surface area contributed by atoms with Gasteiger partial charge in [0, 0.05) is 12.1 Å². The first-order valence-electron chi connectivity index (χ1n) is 5.07. The maximum absolute atomic E-state index is 11.6. The van der Waals surface area contributed by atoms with Crippen molar-refractivity contribution in [3.05, 3.63) is 12.3 Å². The Morgan fingerprint density at radius 2 is 2.24 bits per heavy atom. The Bertz CT molecular complexity index is 492. The molecule has 0 unspecified atom stereocenters. The van der Waals surface area contributed by atoms with Crippen molar-refractivity contribution in [1.29, 1.82) is 0 Å². The molecule has 0 radical (unpaired) electrons. The summed E-state index contributed by atoms with van der Waals surface area (Å²) in [6, 6.07) is 1.54. The molecule has 0 saturated heterocycles. The van der Waals surface area contributed by atoms with Gasteiger partial charge >= 0.3 is 5.97 Å². The van der Waals surface area contributed by atoms with E-state index < -0.39 is 28.2 Å². The van der Waals surface area contributed by atoms with E-state index in [1.165, 1.54) is 16.9 Å². The van der Waals surface area contributed by atoms with Gasteiger partial charge in [-0.15, -0.1) is 0 Å². The van der Waals surface area contributed by atoms with Gasteiger partial charge in [0.05, 0.1) is 18.4 Å². The van der Waals surface area contributed by atoms with Gasteiger partial charge in [0.25, 0.3) is 0 Å². The van der Waals surface area contributed by atoms with E-state index in [1.54, 1.807) is 0 Å². The van der Waals surface area contributed by atoms with Gasteiger partial charge in [-0.3, -0.25) is 9.52 Å². The molecular formula is C9H15N3O4S. The lowest BCUT2D eigenvalue weighted by molar-refractivity contribution is -0.136. The van der Waals surface area contributed by atoms with E-state index in [0.29, 0.717) is 5.82 Å². The van der Waals surface area contributed by atoms with Gasteiger partial charge < -0.3 is 5.11 Å². The summed E-state index contributed by atoms with van der Waals surface area (Å²) in [5.41, 5.74) is 0. The minimum atomic E-state index is -3.65. The molecule has 0 bridgehead atoms. The molecule has 1 heterocycles. The molecule has 2 N–H and O–H groups in total. The number of aromatic nitrogens is 2. The Labute approximate surface area is 99.5 Å². The van der Waals surface area contributed by atoms with Crippen molar-refractivity contribution in [2.75, 3.05) is 10.5 Å². The van der Waals surface area contributed by atoms with Gasteiger partial charge in [-0.2, -0.15) is 5.10 Å². The first-order chi connectivity index (χ1) is 7.82. The third-order valence-electron chi connectivity index (χ3n) is 2.00. The zero-order valence-corrected chi connectivity index (χ0v) is 10.4. The molecule has 0 saturated carbocycles. The van der Waals surface area contributed by atoms with Crippen molar-refractivity contribution in [3.8, 4) is 0 Å². The molecule has 96 valence electrons. The molecule has 1 aromatic rings. The molecule has 0 fully saturated rings. The predicted molar refractivity (Wildman–Crippen MR) is 62.3 cm³/mol. The molecule has 0 amide bonds. The quantitative estimate of drug-likeness (QED) is 0.784. The van der Waals surface area contributed by atoms with Crippen molar-refractivity contribution in [1.82, 2.24) is 9.78 Å². The van der Waals surface area contributed by atoms with Crippen molar-refractivity contribution >= 4 is 21.8 Å². The molecule has 1 rings (SSSR count). The van der Waals surface area contributed by atoms with Crippen LogP contribution >= 0.6 is 0 Å². The van der Waals surface area contributed by atoms with E-state index in [2.05, 4.69) is 9.82 Å². The third kappa shape index (κ3) is 4.06. The highest BCUT2D eigenvalue weighted by Gasteiger charge is 2.16. The number of carbonyl (C=O) groups is 1. The van der Waals surface area contributed by atoms with Crippen LogP contribution in [-0.4, -0.2) is 35.0 Å². The van der Waals surface area contributed by atoms with Crippen LogP contribution in [0, 0.1) is 0 Å². The number of hydrogen-bond donors (Lipinski definition) is 2. The van der Waals surface area contributed by atoms with Crippen molar-refractivity contribution in [3.63, 3.8) is 0 Å². The third-order valence-corrected chi connectivity index (χ3v) is 3.27. The normalized spacial score (nSPS) is 11.7. The largest absolute Gasteiger partial charge is 0.481 e. The zero-order chi connectivity index (χ0) is 13.1. The fourth-order valence-electron chi connectivity index (χ4n) is 1.24. The van der Waals surface area contributed by atoms with Gasteiger partial charge in [0.15, 0.2) is 0 Å². The van der Waals surface area contributed by atoms with Gasteiger partial charge in [-0.1, -0.05) is 0 Å². The average molecular weight is 261 g/mol. The molecule has 0 atom stereocenters. The van der Waals surface area contributed by atoms with Gasteiger partial charge in [-0.25, -0.2) is 13.1 Å². The smallest absolute Gasteiger partial charge is 0.304 e. The average Bonchev–Trinajstić information content (AvgIpc) is 2.62. The maximum Gasteiger partial charge on any atom is 0.304 e. The number of rotatable bonds is 6. The summed E-state index contributed by atoms with van der Waals surface area (Å²) in [5, 5.41) is 12.4. The van der Waals surface area contributed by atoms with Gasteiger partial charge in [0.1, 0.15) is 5.82 Å². The molecule has 7 nitrogen and oxygen atoms in total. The summed E-state index contributed by atoms with van der Waals surface area (Å²) in [5.74, 6) is -1.26. The highest BCUT2D eigenvalue weighted by atomic mass is 32.2. The van der Waals surface area contributed by atoms with Gasteiger partial charge in [0.2, 0.25) is 10.0 Å². The van der Waals surface area contributed by atoms with E-state index in [9.17, 15) is 13.2 Å². The van der Waals surface area contributed by atoms with Crippen LogP contribution in [0.25, 0.3) is 0 Å². The number of aliphatic carboxylic acids is 1. The van der Waals surface area contributed by atoms with Crippen molar-refractivity contribution < 1.29 is 18.3 Å². The molecule has 1 aromatic heterocycles. The van der Waals surface area contributed by atoms with E-state index in [1.807, 2.05) is 13.8 Å².